The minimum absolute atomic E-state index is 0.776. The number of methoxy groups -OCH3 is 2. The van der Waals surface area contributed by atoms with E-state index in [2.05, 4.69) is 11.9 Å². The van der Waals surface area contributed by atoms with E-state index in [4.69, 9.17) is 9.47 Å². The number of hydrogen-bond acceptors (Lipinski definition) is 4. The fourth-order valence-corrected chi connectivity index (χ4v) is 2.25. The number of ether oxygens (including phenoxy) is 2. The lowest BCUT2D eigenvalue weighted by molar-refractivity contribution is 0.351. The maximum Gasteiger partial charge on any atom is 0.165 e. The zero-order valence-corrected chi connectivity index (χ0v) is 11.9. The molecule has 0 fully saturated rings. The molecule has 0 atom stereocenters. The van der Waals surface area contributed by atoms with Crippen LogP contribution < -0.4 is 14.8 Å². The van der Waals surface area contributed by atoms with Crippen molar-refractivity contribution in [2.24, 2.45) is 0 Å². The van der Waals surface area contributed by atoms with E-state index in [0.717, 1.165) is 41.7 Å². The first kappa shape index (κ1) is 14.9. The number of hydrogen-bond donors (Lipinski definition) is 1. The van der Waals surface area contributed by atoms with Crippen molar-refractivity contribution in [1.29, 1.82) is 0 Å². The number of nitrogens with one attached hydrogen (secondary N) is 1. The minimum Gasteiger partial charge on any atom is -0.493 e. The molecule has 0 saturated heterocycles. The Kier molecular flexibility index (Phi) is 7.37. The average molecular weight is 267 g/mol. The predicted octanol–water partition coefficient (Wildman–Crippen LogP) is 2.71. The molecule has 0 saturated carbocycles. The van der Waals surface area contributed by atoms with Crippen molar-refractivity contribution in [2.75, 3.05) is 32.3 Å². The molecule has 0 amide bonds. The van der Waals surface area contributed by atoms with E-state index in [-0.39, 0.29) is 0 Å². The molecule has 0 heterocycles. The predicted molar refractivity (Wildman–Crippen MR) is 78.8 cm³/mol. The van der Waals surface area contributed by atoms with Gasteiger partial charge in [-0.25, -0.2) is 0 Å². The molecule has 0 spiro atoms. The maximum atomic E-state index is 5.38. The van der Waals surface area contributed by atoms with Gasteiger partial charge in [0.1, 0.15) is 0 Å². The van der Waals surface area contributed by atoms with Crippen LogP contribution in [0.4, 0.5) is 0 Å². The molecule has 0 aliphatic heterocycles. The summed E-state index contributed by atoms with van der Waals surface area (Å²) in [7, 11) is 3.32. The van der Waals surface area contributed by atoms with E-state index in [1.807, 2.05) is 36.0 Å². The molecule has 3 nitrogen and oxygen atoms in total. The summed E-state index contributed by atoms with van der Waals surface area (Å²) in [6.45, 7) is 5.45. The molecule has 18 heavy (non-hydrogen) atoms. The van der Waals surface area contributed by atoms with Crippen molar-refractivity contribution < 1.29 is 9.47 Å². The van der Waals surface area contributed by atoms with E-state index in [1.54, 1.807) is 14.2 Å². The summed E-state index contributed by atoms with van der Waals surface area (Å²) < 4.78 is 10.6. The first-order valence-electron chi connectivity index (χ1n) is 5.92. The van der Waals surface area contributed by atoms with Crippen LogP contribution in [0.25, 0.3) is 0 Å². The van der Waals surface area contributed by atoms with Gasteiger partial charge in [-0.1, -0.05) is 18.2 Å². The van der Waals surface area contributed by atoms with Crippen LogP contribution in [0.5, 0.6) is 11.5 Å². The van der Waals surface area contributed by atoms with Gasteiger partial charge in [0.15, 0.2) is 11.5 Å². The molecule has 1 N–H and O–H groups in total. The van der Waals surface area contributed by atoms with Gasteiger partial charge in [0, 0.05) is 30.2 Å². The highest BCUT2D eigenvalue weighted by Crippen LogP contribution is 2.30. The van der Waals surface area contributed by atoms with Gasteiger partial charge in [-0.2, -0.15) is 11.8 Å². The molecule has 1 aromatic carbocycles. The third-order valence-corrected chi connectivity index (χ3v) is 3.42. The van der Waals surface area contributed by atoms with Gasteiger partial charge >= 0.3 is 0 Å². The normalized spacial score (nSPS) is 10.1. The van der Waals surface area contributed by atoms with Crippen LogP contribution in [0.2, 0.25) is 0 Å². The zero-order valence-electron chi connectivity index (χ0n) is 11.1. The second-order valence-corrected chi connectivity index (χ2v) is 4.84. The Balaban J connectivity index is 2.44. The van der Waals surface area contributed by atoms with Crippen molar-refractivity contribution >= 4 is 11.8 Å². The Morgan fingerprint density at radius 2 is 2.17 bits per heavy atom. The summed E-state index contributed by atoms with van der Waals surface area (Å²) in [6, 6.07) is 5.93. The van der Waals surface area contributed by atoms with Crippen LogP contribution >= 0.6 is 11.8 Å². The summed E-state index contributed by atoms with van der Waals surface area (Å²) in [6.07, 6.45) is 1.93. The fraction of sp³-hybridized carbons (Fsp3) is 0.429. The summed E-state index contributed by atoms with van der Waals surface area (Å²) in [5.74, 6) is 3.67. The van der Waals surface area contributed by atoms with E-state index in [9.17, 15) is 0 Å². The lowest BCUT2D eigenvalue weighted by atomic mass is 10.2. The Morgan fingerprint density at radius 1 is 1.33 bits per heavy atom. The van der Waals surface area contributed by atoms with Crippen molar-refractivity contribution in [3.05, 3.63) is 36.4 Å². The zero-order chi connectivity index (χ0) is 13.2. The molecule has 100 valence electrons. The standard InChI is InChI=1S/C14H21NO2S/c1-4-9-18-10-8-15-11-12-6-5-7-13(16-2)14(12)17-3/h4-7,15H,1,8-11H2,2-3H3. The topological polar surface area (TPSA) is 30.5 Å². The lowest BCUT2D eigenvalue weighted by Crippen LogP contribution is -2.17. The van der Waals surface area contributed by atoms with Gasteiger partial charge in [0.05, 0.1) is 14.2 Å². The number of para-hydroxylation sites is 1. The average Bonchev–Trinajstić information content (AvgIpc) is 2.42. The smallest absolute Gasteiger partial charge is 0.165 e. The highest BCUT2D eigenvalue weighted by Gasteiger charge is 2.08. The van der Waals surface area contributed by atoms with Crippen LogP contribution in [0.3, 0.4) is 0 Å². The number of thioether (sulfide) groups is 1. The highest BCUT2D eigenvalue weighted by molar-refractivity contribution is 7.99. The van der Waals surface area contributed by atoms with Gasteiger partial charge in [0.25, 0.3) is 0 Å². The number of rotatable bonds is 9. The molecular weight excluding hydrogens is 246 g/mol. The Morgan fingerprint density at radius 3 is 2.83 bits per heavy atom. The molecular formula is C14H21NO2S. The molecule has 0 bridgehead atoms. The van der Waals surface area contributed by atoms with Crippen LogP contribution in [0, 0.1) is 0 Å². The van der Waals surface area contributed by atoms with Gasteiger partial charge in [-0.05, 0) is 6.07 Å². The molecule has 1 rings (SSSR count). The van der Waals surface area contributed by atoms with Gasteiger partial charge in [-0.15, -0.1) is 6.58 Å². The van der Waals surface area contributed by atoms with E-state index in [1.165, 1.54) is 0 Å². The SMILES string of the molecule is C=CCSCCNCc1cccc(OC)c1OC. The highest BCUT2D eigenvalue weighted by atomic mass is 32.2. The molecule has 1 aromatic rings. The van der Waals surface area contributed by atoms with E-state index in [0.29, 0.717) is 0 Å². The van der Waals surface area contributed by atoms with E-state index < -0.39 is 0 Å². The third-order valence-electron chi connectivity index (χ3n) is 2.46. The van der Waals surface area contributed by atoms with Crippen LogP contribution in [0.1, 0.15) is 5.56 Å². The van der Waals surface area contributed by atoms with Crippen molar-refractivity contribution in [3.63, 3.8) is 0 Å². The summed E-state index contributed by atoms with van der Waals surface area (Å²) in [5.41, 5.74) is 1.12. The first-order valence-corrected chi connectivity index (χ1v) is 7.08. The second kappa shape index (κ2) is 8.89. The first-order chi connectivity index (χ1) is 8.83. The Labute approximate surface area is 114 Å². The Bertz CT molecular complexity index is 369. The fourth-order valence-electron chi connectivity index (χ4n) is 1.63. The molecule has 0 aliphatic carbocycles. The van der Waals surface area contributed by atoms with Gasteiger partial charge < -0.3 is 14.8 Å². The van der Waals surface area contributed by atoms with Crippen molar-refractivity contribution in [3.8, 4) is 11.5 Å². The third kappa shape index (κ3) is 4.63. The Hall–Kier alpha value is -1.13. The summed E-state index contributed by atoms with van der Waals surface area (Å²) >= 11 is 1.87. The molecule has 0 unspecified atom stereocenters. The largest absolute Gasteiger partial charge is 0.493 e. The van der Waals surface area contributed by atoms with Crippen molar-refractivity contribution in [1.82, 2.24) is 5.32 Å². The van der Waals surface area contributed by atoms with E-state index >= 15 is 0 Å². The minimum atomic E-state index is 0.776. The second-order valence-electron chi connectivity index (χ2n) is 3.69. The summed E-state index contributed by atoms with van der Waals surface area (Å²) in [4.78, 5) is 0. The summed E-state index contributed by atoms with van der Waals surface area (Å²) in [5, 5.41) is 3.40. The monoisotopic (exact) mass is 267 g/mol. The van der Waals surface area contributed by atoms with Crippen LogP contribution in [-0.4, -0.2) is 32.3 Å². The maximum absolute atomic E-state index is 5.38. The number of benzene rings is 1. The van der Waals surface area contributed by atoms with Crippen molar-refractivity contribution in [2.45, 2.75) is 6.54 Å². The molecule has 0 aliphatic rings. The quantitative estimate of drug-likeness (QED) is 0.550. The van der Waals surface area contributed by atoms with Crippen LogP contribution in [-0.2, 0) is 6.54 Å². The van der Waals surface area contributed by atoms with Gasteiger partial charge in [0.2, 0.25) is 0 Å². The van der Waals surface area contributed by atoms with Crippen LogP contribution in [0.15, 0.2) is 30.9 Å². The lowest BCUT2D eigenvalue weighted by Gasteiger charge is -2.13. The molecule has 0 radical (unpaired) electrons. The molecule has 0 aromatic heterocycles. The molecule has 4 heteroatoms. The van der Waals surface area contributed by atoms with Gasteiger partial charge in [-0.3, -0.25) is 0 Å².